The third-order valence-corrected chi connectivity index (χ3v) is 8.41. The fraction of sp³-hybridized carbons (Fsp3) is 0. The summed E-state index contributed by atoms with van der Waals surface area (Å²) in [4.78, 5) is 2.34. The molecule has 0 radical (unpaired) electrons. The highest BCUT2D eigenvalue weighted by atomic mass is 15.1. The van der Waals surface area contributed by atoms with Crippen molar-refractivity contribution >= 4 is 40.0 Å². The lowest BCUT2D eigenvalue weighted by Gasteiger charge is -2.26. The van der Waals surface area contributed by atoms with Gasteiger partial charge in [-0.15, -0.1) is 0 Å². The zero-order chi connectivity index (χ0) is 28.6. The molecule has 7 aromatic carbocycles. The Labute approximate surface area is 252 Å². The van der Waals surface area contributed by atoms with Crippen molar-refractivity contribution in [3.05, 3.63) is 175 Å². The average Bonchev–Trinajstić information content (AvgIpc) is 3.51. The normalized spacial score (nSPS) is 11.6. The van der Waals surface area contributed by atoms with E-state index in [2.05, 4.69) is 181 Å². The lowest BCUT2D eigenvalue weighted by Crippen LogP contribution is -2.09. The van der Waals surface area contributed by atoms with Crippen LogP contribution >= 0.6 is 0 Å². The Morgan fingerprint density at radius 1 is 0.302 bits per heavy atom. The van der Waals surface area contributed by atoms with Crippen LogP contribution in [0.5, 0.6) is 0 Å². The molecular weight excluding hydrogens is 518 g/mol. The zero-order valence-corrected chi connectivity index (χ0v) is 23.7. The van der Waals surface area contributed by atoms with Crippen LogP contribution in [-0.4, -0.2) is 0 Å². The Morgan fingerprint density at radius 2 is 0.744 bits per heavy atom. The number of nitrogens with zero attached hydrogens (tertiary/aromatic N) is 1. The van der Waals surface area contributed by atoms with Gasteiger partial charge in [-0.3, -0.25) is 0 Å². The number of benzene rings is 7. The van der Waals surface area contributed by atoms with Crippen LogP contribution in [0.2, 0.25) is 0 Å². The van der Waals surface area contributed by atoms with Crippen LogP contribution in [0.15, 0.2) is 164 Å². The number of anilines is 3. The van der Waals surface area contributed by atoms with Gasteiger partial charge in [-0.1, -0.05) is 127 Å². The summed E-state index contributed by atoms with van der Waals surface area (Å²) in [5, 5.41) is 2.64. The first-order valence-corrected chi connectivity index (χ1v) is 14.8. The first kappa shape index (κ1) is 25.1. The highest BCUT2D eigenvalue weighted by Gasteiger charge is 2.15. The van der Waals surface area contributed by atoms with Gasteiger partial charge in [-0.25, -0.2) is 0 Å². The van der Waals surface area contributed by atoms with E-state index < -0.39 is 0 Å². The van der Waals surface area contributed by atoms with E-state index in [-0.39, 0.29) is 0 Å². The second-order valence-corrected chi connectivity index (χ2v) is 11.1. The number of hydrogen-bond acceptors (Lipinski definition) is 1. The van der Waals surface area contributed by atoms with Gasteiger partial charge in [0.2, 0.25) is 0 Å². The second kappa shape index (κ2) is 10.6. The Balaban J connectivity index is 1.18. The van der Waals surface area contributed by atoms with Crippen LogP contribution < -0.4 is 4.90 Å². The molecule has 8 rings (SSSR count). The monoisotopic (exact) mass is 547 g/mol. The average molecular weight is 548 g/mol. The molecule has 0 spiro atoms. The van der Waals surface area contributed by atoms with Gasteiger partial charge in [0.15, 0.2) is 0 Å². The van der Waals surface area contributed by atoms with Gasteiger partial charge in [-0.05, 0) is 104 Å². The topological polar surface area (TPSA) is 3.24 Å². The smallest absolute Gasteiger partial charge is 0.0462 e. The Kier molecular flexibility index (Phi) is 6.20. The summed E-state index contributed by atoms with van der Waals surface area (Å²) in [6.45, 7) is 0. The molecular formula is C42H29N. The predicted molar refractivity (Wildman–Crippen MR) is 184 cm³/mol. The third kappa shape index (κ3) is 4.71. The fourth-order valence-corrected chi connectivity index (χ4v) is 6.23. The Hall–Kier alpha value is -5.66. The summed E-state index contributed by atoms with van der Waals surface area (Å²) < 4.78 is 0. The van der Waals surface area contributed by atoms with E-state index in [1.807, 2.05) is 0 Å². The van der Waals surface area contributed by atoms with E-state index in [0.29, 0.717) is 0 Å². The van der Waals surface area contributed by atoms with Crippen molar-refractivity contribution in [3.8, 4) is 33.4 Å². The molecule has 0 bridgehead atoms. The van der Waals surface area contributed by atoms with Crippen molar-refractivity contribution in [2.24, 2.45) is 0 Å². The lowest BCUT2D eigenvalue weighted by molar-refractivity contribution is 1.28. The first-order chi connectivity index (χ1) is 21.3. The highest BCUT2D eigenvalue weighted by Crippen LogP contribution is 2.39. The van der Waals surface area contributed by atoms with E-state index in [1.165, 1.54) is 55.3 Å². The molecule has 1 aliphatic carbocycles. The molecule has 202 valence electrons. The van der Waals surface area contributed by atoms with Gasteiger partial charge in [0, 0.05) is 17.1 Å². The maximum atomic E-state index is 2.34. The van der Waals surface area contributed by atoms with Crippen molar-refractivity contribution in [2.75, 3.05) is 4.90 Å². The summed E-state index contributed by atoms with van der Waals surface area (Å²) >= 11 is 0. The van der Waals surface area contributed by atoms with Crippen molar-refractivity contribution < 1.29 is 0 Å². The largest absolute Gasteiger partial charge is 0.311 e. The fourth-order valence-electron chi connectivity index (χ4n) is 6.23. The third-order valence-electron chi connectivity index (χ3n) is 8.41. The van der Waals surface area contributed by atoms with Crippen LogP contribution in [0.25, 0.3) is 56.3 Å². The highest BCUT2D eigenvalue weighted by molar-refractivity contribution is 6.06. The molecule has 0 saturated heterocycles. The van der Waals surface area contributed by atoms with E-state index in [1.54, 1.807) is 0 Å². The minimum Gasteiger partial charge on any atom is -0.311 e. The molecule has 0 atom stereocenters. The van der Waals surface area contributed by atoms with Crippen molar-refractivity contribution in [1.82, 2.24) is 0 Å². The van der Waals surface area contributed by atoms with Crippen molar-refractivity contribution in [2.45, 2.75) is 0 Å². The minimum atomic E-state index is 1.12. The molecule has 0 unspecified atom stereocenters. The van der Waals surface area contributed by atoms with Gasteiger partial charge in [0.1, 0.15) is 0 Å². The van der Waals surface area contributed by atoms with Crippen LogP contribution in [0.4, 0.5) is 17.1 Å². The van der Waals surface area contributed by atoms with Crippen molar-refractivity contribution in [3.63, 3.8) is 0 Å². The van der Waals surface area contributed by atoms with E-state index in [4.69, 9.17) is 0 Å². The standard InChI is InChI=1S/C42H29N/c1-3-8-30(9-4-1)32-16-22-39(23-17-32)43(40-24-18-33(19-25-40)31-10-5-2-6-11-31)41-26-20-34(21-27-41)38-28-36-13-7-12-35-14-15-37(29-38)42(35)36/h1-29H. The summed E-state index contributed by atoms with van der Waals surface area (Å²) in [6, 6.07) is 59.0. The molecule has 0 N–H and O–H groups in total. The Morgan fingerprint density at radius 3 is 1.26 bits per heavy atom. The Bertz CT molecular complexity index is 1990. The molecule has 7 aromatic rings. The van der Waals surface area contributed by atoms with Gasteiger partial charge in [0.05, 0.1) is 0 Å². The van der Waals surface area contributed by atoms with Gasteiger partial charge < -0.3 is 4.90 Å². The molecule has 0 saturated carbocycles. The predicted octanol–water partition coefficient (Wildman–Crippen LogP) is 11.8. The molecule has 0 aliphatic heterocycles. The molecule has 0 aromatic heterocycles. The maximum Gasteiger partial charge on any atom is 0.0462 e. The van der Waals surface area contributed by atoms with E-state index in [0.717, 1.165) is 17.1 Å². The zero-order valence-electron chi connectivity index (χ0n) is 23.7. The quantitative estimate of drug-likeness (QED) is 0.200. The first-order valence-electron chi connectivity index (χ1n) is 14.8. The van der Waals surface area contributed by atoms with Crippen LogP contribution in [0, 0.1) is 0 Å². The lowest BCUT2D eigenvalue weighted by atomic mass is 9.97. The second-order valence-electron chi connectivity index (χ2n) is 11.1. The van der Waals surface area contributed by atoms with Gasteiger partial charge in [0.25, 0.3) is 0 Å². The SMILES string of the molecule is C1=Cc2cc(-c3ccc(N(c4ccc(-c5ccccc5)cc4)c4ccc(-c5ccccc5)cc4)cc3)cc3cccc1c23. The van der Waals surface area contributed by atoms with Crippen LogP contribution in [0.3, 0.4) is 0 Å². The molecule has 1 heteroatoms. The summed E-state index contributed by atoms with van der Waals surface area (Å²) in [5.74, 6) is 0. The van der Waals surface area contributed by atoms with E-state index >= 15 is 0 Å². The summed E-state index contributed by atoms with van der Waals surface area (Å²) in [6.07, 6.45) is 4.45. The number of rotatable bonds is 6. The summed E-state index contributed by atoms with van der Waals surface area (Å²) in [5.41, 5.74) is 13.3. The van der Waals surface area contributed by atoms with Gasteiger partial charge >= 0.3 is 0 Å². The maximum absolute atomic E-state index is 2.34. The van der Waals surface area contributed by atoms with Crippen molar-refractivity contribution in [1.29, 1.82) is 0 Å². The van der Waals surface area contributed by atoms with E-state index in [9.17, 15) is 0 Å². The van der Waals surface area contributed by atoms with Crippen LogP contribution in [-0.2, 0) is 0 Å². The molecule has 1 nitrogen and oxygen atoms in total. The molecule has 0 heterocycles. The molecule has 1 aliphatic rings. The number of hydrogen-bond donors (Lipinski definition) is 0. The van der Waals surface area contributed by atoms with Gasteiger partial charge in [-0.2, -0.15) is 0 Å². The van der Waals surface area contributed by atoms with Crippen LogP contribution in [0.1, 0.15) is 11.1 Å². The molecule has 0 amide bonds. The molecule has 43 heavy (non-hydrogen) atoms. The molecule has 0 fully saturated rings. The summed E-state index contributed by atoms with van der Waals surface area (Å²) in [7, 11) is 0. The minimum absolute atomic E-state index is 1.12.